The smallest absolute Gasteiger partial charge is 0.414 e. The lowest BCUT2D eigenvalue weighted by atomic mass is 10.2. The van der Waals surface area contributed by atoms with E-state index in [1.165, 1.54) is 11.0 Å². The van der Waals surface area contributed by atoms with Crippen LogP contribution in [0.5, 0.6) is 0 Å². The van der Waals surface area contributed by atoms with Crippen molar-refractivity contribution in [3.05, 3.63) is 36.4 Å². The molecule has 5 rings (SSSR count). The average molecular weight is 389 g/mol. The van der Waals surface area contributed by atoms with Crippen molar-refractivity contribution in [2.75, 3.05) is 27.9 Å². The topological polar surface area (TPSA) is 63.5 Å². The van der Waals surface area contributed by atoms with Gasteiger partial charge in [-0.15, -0.1) is 5.10 Å². The summed E-state index contributed by atoms with van der Waals surface area (Å²) in [6.45, 7) is 0.792. The molecule has 1 amide bonds. The second kappa shape index (κ2) is 6.70. The first kappa shape index (κ1) is 16.9. The van der Waals surface area contributed by atoms with Gasteiger partial charge in [0, 0.05) is 29.8 Å². The number of nitrogens with zero attached hydrogens (tertiary/aromatic N) is 5. The first-order chi connectivity index (χ1) is 13.2. The number of aromatic nitrogens is 3. The summed E-state index contributed by atoms with van der Waals surface area (Å²) in [6, 6.07) is 5.91. The molecule has 27 heavy (non-hydrogen) atoms. The molecule has 3 aliphatic heterocycles. The molecule has 7 nitrogen and oxygen atoms in total. The molecule has 2 aromatic rings. The van der Waals surface area contributed by atoms with Crippen LogP contribution in [-0.2, 0) is 11.3 Å². The molecule has 0 N–H and O–H groups in total. The van der Waals surface area contributed by atoms with Crippen LogP contribution in [-0.4, -0.2) is 57.3 Å². The van der Waals surface area contributed by atoms with Crippen molar-refractivity contribution in [3.63, 3.8) is 0 Å². The van der Waals surface area contributed by atoms with Gasteiger partial charge in [0.05, 0.1) is 30.7 Å². The Morgan fingerprint density at radius 1 is 1.26 bits per heavy atom. The number of ether oxygens (including phenoxy) is 1. The van der Waals surface area contributed by atoms with Crippen molar-refractivity contribution in [1.29, 1.82) is 0 Å². The molecule has 3 fully saturated rings. The van der Waals surface area contributed by atoms with Crippen LogP contribution in [0.1, 0.15) is 12.8 Å². The van der Waals surface area contributed by atoms with Crippen molar-refractivity contribution in [3.8, 4) is 0 Å². The van der Waals surface area contributed by atoms with E-state index in [0.717, 1.165) is 24.3 Å². The number of carbonyl (C=O) groups is 1. The molecule has 3 aliphatic rings. The van der Waals surface area contributed by atoms with Crippen LogP contribution >= 0.6 is 11.8 Å². The third kappa shape index (κ3) is 3.03. The number of hydrogen-bond donors (Lipinski definition) is 0. The number of halogens is 1. The Morgan fingerprint density at radius 2 is 2.07 bits per heavy atom. The van der Waals surface area contributed by atoms with E-state index < -0.39 is 6.09 Å². The van der Waals surface area contributed by atoms with Crippen LogP contribution in [0.3, 0.4) is 0 Å². The van der Waals surface area contributed by atoms with E-state index in [1.54, 1.807) is 17.1 Å². The van der Waals surface area contributed by atoms with Gasteiger partial charge < -0.3 is 9.64 Å². The van der Waals surface area contributed by atoms with Gasteiger partial charge in [-0.25, -0.2) is 13.9 Å². The highest BCUT2D eigenvalue weighted by atomic mass is 32.2. The largest absolute Gasteiger partial charge is 0.442 e. The molecule has 0 saturated carbocycles. The van der Waals surface area contributed by atoms with Crippen molar-refractivity contribution in [1.82, 2.24) is 15.0 Å². The molecular formula is C18H20FN5O2S. The highest BCUT2D eigenvalue weighted by molar-refractivity contribution is 7.99. The SMILES string of the molecule is O=C1OC(Cn2ccnn2)CN1c1ccc(N2[C@@H]3CC[C@H]2CSC3)c(F)c1. The fraction of sp³-hybridized carbons (Fsp3) is 0.500. The van der Waals surface area contributed by atoms with Gasteiger partial charge in [0.2, 0.25) is 0 Å². The van der Waals surface area contributed by atoms with Crippen molar-refractivity contribution >= 4 is 29.2 Å². The normalized spacial score (nSPS) is 27.3. The quantitative estimate of drug-likeness (QED) is 0.801. The number of fused-ring (bicyclic) bond motifs is 2. The lowest BCUT2D eigenvalue weighted by molar-refractivity contribution is 0.129. The summed E-state index contributed by atoms with van der Waals surface area (Å²) in [7, 11) is 0. The monoisotopic (exact) mass is 389 g/mol. The van der Waals surface area contributed by atoms with Crippen LogP contribution in [0.4, 0.5) is 20.6 Å². The van der Waals surface area contributed by atoms with Crippen LogP contribution in [0.25, 0.3) is 0 Å². The Labute approximate surface area is 160 Å². The molecule has 2 bridgehead atoms. The van der Waals surface area contributed by atoms with E-state index >= 15 is 0 Å². The van der Waals surface area contributed by atoms with Gasteiger partial charge in [0.1, 0.15) is 11.9 Å². The maximum atomic E-state index is 14.9. The van der Waals surface area contributed by atoms with Gasteiger partial charge in [-0.3, -0.25) is 4.90 Å². The number of rotatable bonds is 4. The lowest BCUT2D eigenvalue weighted by Crippen LogP contribution is -2.43. The van der Waals surface area contributed by atoms with E-state index in [4.69, 9.17) is 4.74 Å². The Kier molecular flexibility index (Phi) is 4.18. The molecule has 0 aliphatic carbocycles. The highest BCUT2D eigenvalue weighted by Crippen LogP contribution is 2.40. The third-order valence-corrected chi connectivity index (χ3v) is 6.74. The Bertz CT molecular complexity index is 832. The fourth-order valence-electron chi connectivity index (χ4n) is 4.26. The predicted octanol–water partition coefficient (Wildman–Crippen LogP) is 2.53. The number of thioether (sulfide) groups is 1. The molecule has 1 unspecified atom stereocenters. The number of anilines is 2. The van der Waals surface area contributed by atoms with Crippen LogP contribution in [0.15, 0.2) is 30.6 Å². The fourth-order valence-corrected chi connectivity index (χ4v) is 5.60. The first-order valence-corrected chi connectivity index (χ1v) is 10.3. The summed E-state index contributed by atoms with van der Waals surface area (Å²) in [5, 5.41) is 7.64. The standard InChI is InChI=1S/C18H20FN5O2S/c19-16-7-12(3-4-17(16)24-13-1-2-14(24)11-27-10-13)23-9-15(26-18(23)25)8-22-6-5-20-21-22/h3-7,13-15H,1-2,8-11H2/t13-,14+,15?. The van der Waals surface area contributed by atoms with Crippen molar-refractivity contribution < 1.29 is 13.9 Å². The first-order valence-electron chi connectivity index (χ1n) is 9.17. The number of benzene rings is 1. The van der Waals surface area contributed by atoms with Crippen LogP contribution in [0.2, 0.25) is 0 Å². The molecule has 0 spiro atoms. The maximum absolute atomic E-state index is 14.9. The summed E-state index contributed by atoms with van der Waals surface area (Å²) in [4.78, 5) is 16.0. The van der Waals surface area contributed by atoms with E-state index in [2.05, 4.69) is 15.2 Å². The molecule has 3 atom stereocenters. The molecule has 0 radical (unpaired) electrons. The highest BCUT2D eigenvalue weighted by Gasteiger charge is 2.39. The molecule has 3 saturated heterocycles. The molecular weight excluding hydrogens is 369 g/mol. The van der Waals surface area contributed by atoms with E-state index in [1.807, 2.05) is 23.9 Å². The third-order valence-electron chi connectivity index (χ3n) is 5.50. The minimum Gasteiger partial charge on any atom is -0.442 e. The van der Waals surface area contributed by atoms with Gasteiger partial charge in [-0.05, 0) is 31.0 Å². The zero-order valence-electron chi connectivity index (χ0n) is 14.7. The summed E-state index contributed by atoms with van der Waals surface area (Å²) in [5.41, 5.74) is 1.18. The minimum absolute atomic E-state index is 0.274. The van der Waals surface area contributed by atoms with Crippen LogP contribution < -0.4 is 9.80 Å². The predicted molar refractivity (Wildman–Crippen MR) is 101 cm³/mol. The summed E-state index contributed by atoms with van der Waals surface area (Å²) in [5.74, 6) is 1.84. The van der Waals surface area contributed by atoms with E-state index in [-0.39, 0.29) is 11.9 Å². The summed E-state index contributed by atoms with van der Waals surface area (Å²) < 4.78 is 22.0. The Hall–Kier alpha value is -2.29. The molecule has 9 heteroatoms. The zero-order valence-corrected chi connectivity index (χ0v) is 15.5. The molecule has 1 aromatic heterocycles. The van der Waals surface area contributed by atoms with Gasteiger partial charge >= 0.3 is 6.09 Å². The summed E-state index contributed by atoms with van der Waals surface area (Å²) >= 11 is 1.96. The van der Waals surface area contributed by atoms with E-state index in [0.29, 0.717) is 36.5 Å². The minimum atomic E-state index is -0.457. The van der Waals surface area contributed by atoms with Gasteiger partial charge in [0.25, 0.3) is 0 Å². The Balaban J connectivity index is 1.34. The zero-order chi connectivity index (χ0) is 18.4. The molecule has 4 heterocycles. The van der Waals surface area contributed by atoms with Gasteiger partial charge in [-0.1, -0.05) is 5.21 Å². The van der Waals surface area contributed by atoms with Crippen molar-refractivity contribution in [2.24, 2.45) is 0 Å². The van der Waals surface area contributed by atoms with Gasteiger partial charge in [-0.2, -0.15) is 11.8 Å². The van der Waals surface area contributed by atoms with Gasteiger partial charge in [0.15, 0.2) is 0 Å². The van der Waals surface area contributed by atoms with Crippen LogP contribution in [0, 0.1) is 5.82 Å². The number of carbonyl (C=O) groups excluding carboxylic acids is 1. The number of cyclic esters (lactones) is 1. The van der Waals surface area contributed by atoms with E-state index in [9.17, 15) is 9.18 Å². The molecule has 1 aromatic carbocycles. The number of hydrogen-bond acceptors (Lipinski definition) is 6. The maximum Gasteiger partial charge on any atom is 0.414 e. The Morgan fingerprint density at radius 3 is 2.78 bits per heavy atom. The lowest BCUT2D eigenvalue weighted by Gasteiger charge is -2.36. The van der Waals surface area contributed by atoms with Crippen molar-refractivity contribution in [2.45, 2.75) is 37.6 Å². The molecule has 142 valence electrons. The second-order valence-electron chi connectivity index (χ2n) is 7.21. The number of amides is 1. The summed E-state index contributed by atoms with van der Waals surface area (Å²) in [6.07, 6.45) is 4.76. The average Bonchev–Trinajstić information content (AvgIpc) is 3.34. The second-order valence-corrected chi connectivity index (χ2v) is 8.28.